The van der Waals surface area contributed by atoms with Crippen molar-refractivity contribution in [3.8, 4) is 0 Å². The minimum Gasteiger partial charge on any atom is -0.299 e. The maximum absolute atomic E-state index is 3.75. The molecule has 0 radical (unpaired) electrons. The fourth-order valence-electron chi connectivity index (χ4n) is 2.76. The average Bonchev–Trinajstić information content (AvgIpc) is 2.41. The second-order valence-corrected chi connectivity index (χ2v) is 5.21. The van der Waals surface area contributed by atoms with Crippen molar-refractivity contribution < 1.29 is 0 Å². The predicted octanol–water partition coefficient (Wildman–Crippen LogP) is 4.00. The summed E-state index contributed by atoms with van der Waals surface area (Å²) in [5.41, 5.74) is 2.92. The molecule has 0 unspecified atom stereocenters. The Morgan fingerprint density at radius 2 is 1.94 bits per heavy atom. The molecule has 1 nitrogen and oxygen atoms in total. The Kier molecular flexibility index (Phi) is 4.77. The van der Waals surface area contributed by atoms with Gasteiger partial charge in [-0.25, -0.2) is 0 Å². The summed E-state index contributed by atoms with van der Waals surface area (Å²) in [6.07, 6.45) is 6.56. The summed E-state index contributed by atoms with van der Waals surface area (Å²) in [7, 11) is 0. The van der Waals surface area contributed by atoms with Gasteiger partial charge in [-0.15, -0.1) is 0 Å². The fraction of sp³-hybridized carbons (Fsp3) is 0.412. The zero-order valence-corrected chi connectivity index (χ0v) is 11.3. The van der Waals surface area contributed by atoms with Crippen LogP contribution in [0.4, 0.5) is 0 Å². The summed E-state index contributed by atoms with van der Waals surface area (Å²) >= 11 is 0. The Hall–Kier alpha value is -1.34. The average molecular weight is 241 g/mol. The third-order valence-electron chi connectivity index (χ3n) is 3.73. The van der Waals surface area contributed by atoms with E-state index >= 15 is 0 Å². The van der Waals surface area contributed by atoms with Gasteiger partial charge in [0.05, 0.1) is 0 Å². The van der Waals surface area contributed by atoms with Gasteiger partial charge in [0.2, 0.25) is 0 Å². The van der Waals surface area contributed by atoms with E-state index in [1.54, 1.807) is 0 Å². The Labute approximate surface area is 111 Å². The van der Waals surface area contributed by atoms with Gasteiger partial charge in [-0.1, -0.05) is 54.6 Å². The first-order chi connectivity index (χ1) is 8.79. The molecule has 1 aromatic rings. The van der Waals surface area contributed by atoms with Gasteiger partial charge >= 0.3 is 0 Å². The predicted molar refractivity (Wildman–Crippen MR) is 78.8 cm³/mol. The Morgan fingerprint density at radius 3 is 2.56 bits per heavy atom. The van der Waals surface area contributed by atoms with Crippen LogP contribution >= 0.6 is 0 Å². The third-order valence-corrected chi connectivity index (χ3v) is 3.73. The number of hydrogen-bond acceptors (Lipinski definition) is 1. The van der Waals surface area contributed by atoms with Crippen LogP contribution in [-0.2, 0) is 0 Å². The maximum atomic E-state index is 3.75. The second-order valence-electron chi connectivity index (χ2n) is 5.21. The van der Waals surface area contributed by atoms with Crippen LogP contribution in [0.15, 0.2) is 54.6 Å². The first kappa shape index (κ1) is 13.1. The zero-order chi connectivity index (χ0) is 12.8. The number of benzene rings is 1. The summed E-state index contributed by atoms with van der Waals surface area (Å²) in [5, 5.41) is 0. The van der Waals surface area contributed by atoms with Crippen LogP contribution in [-0.4, -0.2) is 24.5 Å². The maximum Gasteiger partial charge on any atom is 0.0193 e. The lowest BCUT2D eigenvalue weighted by molar-refractivity contribution is 0.228. The molecule has 0 N–H and O–H groups in total. The van der Waals surface area contributed by atoms with E-state index in [1.165, 1.54) is 37.1 Å². The number of allylic oxidation sites excluding steroid dienone is 2. The molecule has 0 bridgehead atoms. The molecule has 0 amide bonds. The normalized spacial score (nSPS) is 18.8. The molecule has 96 valence electrons. The molecule has 1 aromatic carbocycles. The first-order valence-electron chi connectivity index (χ1n) is 6.85. The third kappa shape index (κ3) is 3.58. The van der Waals surface area contributed by atoms with E-state index in [0.717, 1.165) is 12.5 Å². The largest absolute Gasteiger partial charge is 0.299 e. The Balaban J connectivity index is 1.85. The number of piperidine rings is 1. The molecule has 0 aromatic heterocycles. The van der Waals surface area contributed by atoms with Crippen LogP contribution in [0.3, 0.4) is 0 Å². The van der Waals surface area contributed by atoms with Crippen LogP contribution in [0.1, 0.15) is 31.2 Å². The quantitative estimate of drug-likeness (QED) is 0.720. The van der Waals surface area contributed by atoms with Crippen LogP contribution < -0.4 is 0 Å². The molecule has 1 saturated heterocycles. The van der Waals surface area contributed by atoms with Crippen LogP contribution in [0.2, 0.25) is 0 Å². The summed E-state index contributed by atoms with van der Waals surface area (Å²) in [6, 6.07) is 10.9. The van der Waals surface area contributed by atoms with Crippen molar-refractivity contribution in [2.24, 2.45) is 0 Å². The van der Waals surface area contributed by atoms with Gasteiger partial charge in [-0.3, -0.25) is 4.90 Å². The molecule has 0 spiro atoms. The summed E-state index contributed by atoms with van der Waals surface area (Å²) in [6.45, 7) is 9.45. The van der Waals surface area contributed by atoms with Crippen molar-refractivity contribution in [1.82, 2.24) is 4.90 Å². The molecule has 18 heavy (non-hydrogen) atoms. The Morgan fingerprint density at radius 1 is 1.28 bits per heavy atom. The highest BCUT2D eigenvalue weighted by molar-refractivity contribution is 5.20. The van der Waals surface area contributed by atoms with Gasteiger partial charge in [0, 0.05) is 6.54 Å². The van der Waals surface area contributed by atoms with Crippen molar-refractivity contribution in [2.45, 2.75) is 25.7 Å². The minimum atomic E-state index is 0.756. The van der Waals surface area contributed by atoms with Gasteiger partial charge in [0.25, 0.3) is 0 Å². The molecular formula is C17H23N. The second kappa shape index (κ2) is 6.55. The highest BCUT2D eigenvalue weighted by Crippen LogP contribution is 2.27. The monoisotopic (exact) mass is 241 g/mol. The summed E-state index contributed by atoms with van der Waals surface area (Å²) in [4.78, 5) is 2.55. The van der Waals surface area contributed by atoms with Crippen molar-refractivity contribution in [3.05, 3.63) is 60.2 Å². The van der Waals surface area contributed by atoms with Crippen LogP contribution in [0, 0.1) is 0 Å². The lowest BCUT2D eigenvalue weighted by Gasteiger charge is -2.32. The first-order valence-corrected chi connectivity index (χ1v) is 6.85. The number of hydrogen-bond donors (Lipinski definition) is 0. The molecule has 0 saturated carbocycles. The van der Waals surface area contributed by atoms with E-state index in [9.17, 15) is 0 Å². The number of nitrogens with zero attached hydrogens (tertiary/aromatic N) is 1. The fourth-order valence-corrected chi connectivity index (χ4v) is 2.76. The number of rotatable bonds is 4. The molecule has 0 aliphatic carbocycles. The van der Waals surface area contributed by atoms with Crippen molar-refractivity contribution >= 4 is 0 Å². The van der Waals surface area contributed by atoms with Crippen LogP contribution in [0.5, 0.6) is 0 Å². The molecule has 0 atom stereocenters. The van der Waals surface area contributed by atoms with Gasteiger partial charge in [0.15, 0.2) is 0 Å². The van der Waals surface area contributed by atoms with Crippen molar-refractivity contribution in [2.75, 3.05) is 19.6 Å². The van der Waals surface area contributed by atoms with Gasteiger partial charge in [-0.2, -0.15) is 0 Å². The van der Waals surface area contributed by atoms with Gasteiger partial charge in [-0.05, 0) is 44.3 Å². The van der Waals surface area contributed by atoms with Gasteiger partial charge < -0.3 is 0 Å². The molecule has 1 aliphatic rings. The molecular weight excluding hydrogens is 218 g/mol. The number of likely N-dealkylation sites (tertiary alicyclic amines) is 1. The lowest BCUT2D eigenvalue weighted by atomic mass is 9.89. The Bertz CT molecular complexity index is 397. The van der Waals surface area contributed by atoms with E-state index in [0.29, 0.717) is 0 Å². The van der Waals surface area contributed by atoms with E-state index in [2.05, 4.69) is 54.8 Å². The highest BCUT2D eigenvalue weighted by Gasteiger charge is 2.19. The zero-order valence-electron chi connectivity index (χ0n) is 11.3. The smallest absolute Gasteiger partial charge is 0.0193 e. The van der Waals surface area contributed by atoms with E-state index in [4.69, 9.17) is 0 Å². The molecule has 2 rings (SSSR count). The molecule has 1 fully saturated rings. The molecule has 1 aliphatic heterocycles. The van der Waals surface area contributed by atoms with E-state index in [1.807, 2.05) is 6.08 Å². The molecule has 1 heterocycles. The summed E-state index contributed by atoms with van der Waals surface area (Å²) in [5.74, 6) is 0.756. The van der Waals surface area contributed by atoms with Crippen LogP contribution in [0.25, 0.3) is 0 Å². The highest BCUT2D eigenvalue weighted by atomic mass is 15.1. The van der Waals surface area contributed by atoms with Gasteiger partial charge in [0.1, 0.15) is 0 Å². The van der Waals surface area contributed by atoms with Crippen molar-refractivity contribution in [1.29, 1.82) is 0 Å². The summed E-state index contributed by atoms with van der Waals surface area (Å²) < 4.78 is 0. The molecule has 1 heteroatoms. The topological polar surface area (TPSA) is 3.24 Å². The van der Waals surface area contributed by atoms with Crippen molar-refractivity contribution in [3.63, 3.8) is 0 Å². The SMILES string of the molecule is C=C/C=C(\C)CN1CCC(c2ccccc2)CC1. The standard InChI is InChI=1S/C17H23N/c1-3-7-15(2)14-18-12-10-17(11-13-18)16-8-5-4-6-9-16/h3-9,17H,1,10-14H2,2H3/b15-7+. The van der Waals surface area contributed by atoms with E-state index in [-0.39, 0.29) is 0 Å². The van der Waals surface area contributed by atoms with E-state index < -0.39 is 0 Å². The minimum absolute atomic E-state index is 0.756. The lowest BCUT2D eigenvalue weighted by Crippen LogP contribution is -2.34.